The SMILES string of the molecule is Cc1cc(N2CCCCC2C)n2nc(-c3ccc(Cl)cc3)cc2n1. The maximum absolute atomic E-state index is 6.00. The predicted octanol–water partition coefficient (Wildman–Crippen LogP) is 4.74. The molecule has 1 aliphatic rings. The topological polar surface area (TPSA) is 33.4 Å². The van der Waals surface area contributed by atoms with Crippen LogP contribution in [0.15, 0.2) is 36.4 Å². The second-order valence-electron chi connectivity index (χ2n) is 6.60. The molecule has 0 bridgehead atoms. The fourth-order valence-electron chi connectivity index (χ4n) is 3.49. The highest BCUT2D eigenvalue weighted by molar-refractivity contribution is 6.30. The lowest BCUT2D eigenvalue weighted by atomic mass is 10.0. The van der Waals surface area contributed by atoms with E-state index < -0.39 is 0 Å². The molecule has 0 saturated carbocycles. The quantitative estimate of drug-likeness (QED) is 0.675. The van der Waals surface area contributed by atoms with E-state index in [4.69, 9.17) is 16.7 Å². The van der Waals surface area contributed by atoms with Gasteiger partial charge >= 0.3 is 0 Å². The molecular weight excluding hydrogens is 320 g/mol. The number of aromatic nitrogens is 3. The first-order valence-electron chi connectivity index (χ1n) is 8.52. The van der Waals surface area contributed by atoms with Crippen molar-refractivity contribution in [3.63, 3.8) is 0 Å². The van der Waals surface area contributed by atoms with Crippen molar-refractivity contribution in [3.8, 4) is 11.3 Å². The Kier molecular flexibility index (Phi) is 3.93. The molecule has 4 rings (SSSR count). The number of piperidine rings is 1. The summed E-state index contributed by atoms with van der Waals surface area (Å²) in [5.74, 6) is 1.14. The van der Waals surface area contributed by atoms with Gasteiger partial charge < -0.3 is 4.90 Å². The molecule has 1 unspecified atom stereocenters. The summed E-state index contributed by atoms with van der Waals surface area (Å²) in [6, 6.07) is 12.5. The van der Waals surface area contributed by atoms with Gasteiger partial charge in [0.2, 0.25) is 0 Å². The van der Waals surface area contributed by atoms with E-state index in [2.05, 4.69) is 22.9 Å². The minimum absolute atomic E-state index is 0.534. The Morgan fingerprint density at radius 2 is 1.92 bits per heavy atom. The number of nitrogens with zero attached hydrogens (tertiary/aromatic N) is 4. The number of fused-ring (bicyclic) bond motifs is 1. The van der Waals surface area contributed by atoms with Crippen LogP contribution in [0.25, 0.3) is 16.9 Å². The molecule has 1 aromatic carbocycles. The van der Waals surface area contributed by atoms with Gasteiger partial charge in [-0.2, -0.15) is 9.61 Å². The normalized spacial score (nSPS) is 18.3. The molecule has 0 aliphatic carbocycles. The molecule has 24 heavy (non-hydrogen) atoms. The summed E-state index contributed by atoms with van der Waals surface area (Å²) in [4.78, 5) is 7.13. The van der Waals surface area contributed by atoms with Crippen molar-refractivity contribution >= 4 is 23.1 Å². The van der Waals surface area contributed by atoms with Gasteiger partial charge in [-0.15, -0.1) is 0 Å². The van der Waals surface area contributed by atoms with Gasteiger partial charge in [-0.05, 0) is 45.2 Å². The fraction of sp³-hybridized carbons (Fsp3) is 0.368. The molecule has 5 heteroatoms. The molecule has 3 aromatic rings. The number of aryl methyl sites for hydroxylation is 1. The molecule has 4 nitrogen and oxygen atoms in total. The molecular formula is C19H21ClN4. The molecule has 124 valence electrons. The second kappa shape index (κ2) is 6.10. The van der Waals surface area contributed by atoms with Crippen LogP contribution in [0, 0.1) is 6.92 Å². The number of hydrogen-bond acceptors (Lipinski definition) is 3. The second-order valence-corrected chi connectivity index (χ2v) is 7.04. The van der Waals surface area contributed by atoms with Crippen molar-refractivity contribution in [2.45, 2.75) is 39.2 Å². The van der Waals surface area contributed by atoms with E-state index in [1.165, 1.54) is 19.3 Å². The number of benzene rings is 1. The number of anilines is 1. The summed E-state index contributed by atoms with van der Waals surface area (Å²) in [7, 11) is 0. The van der Waals surface area contributed by atoms with Crippen molar-refractivity contribution in [3.05, 3.63) is 47.1 Å². The van der Waals surface area contributed by atoms with Gasteiger partial charge in [0.05, 0.1) is 5.69 Å². The van der Waals surface area contributed by atoms with Gasteiger partial charge in [0.25, 0.3) is 0 Å². The summed E-state index contributed by atoms with van der Waals surface area (Å²) in [5, 5.41) is 5.57. The number of halogens is 1. The average Bonchev–Trinajstić information content (AvgIpc) is 2.99. The fourth-order valence-corrected chi connectivity index (χ4v) is 3.61. The molecule has 1 atom stereocenters. The van der Waals surface area contributed by atoms with E-state index in [0.717, 1.165) is 40.0 Å². The Morgan fingerprint density at radius 1 is 1.12 bits per heavy atom. The first-order valence-corrected chi connectivity index (χ1v) is 8.89. The largest absolute Gasteiger partial charge is 0.354 e. The molecule has 0 amide bonds. The molecule has 0 N–H and O–H groups in total. The zero-order valence-electron chi connectivity index (χ0n) is 14.0. The Balaban J connectivity index is 1.83. The van der Waals surface area contributed by atoms with Crippen molar-refractivity contribution in [1.29, 1.82) is 0 Å². The van der Waals surface area contributed by atoms with Crippen LogP contribution in [0.2, 0.25) is 5.02 Å². The molecule has 2 aromatic heterocycles. The predicted molar refractivity (Wildman–Crippen MR) is 98.8 cm³/mol. The summed E-state index contributed by atoms with van der Waals surface area (Å²) < 4.78 is 1.98. The van der Waals surface area contributed by atoms with Crippen molar-refractivity contribution < 1.29 is 0 Å². The van der Waals surface area contributed by atoms with Crippen LogP contribution in [0.1, 0.15) is 31.9 Å². The zero-order chi connectivity index (χ0) is 16.7. The first-order chi connectivity index (χ1) is 11.6. The van der Waals surface area contributed by atoms with Crippen LogP contribution in [-0.4, -0.2) is 27.2 Å². The van der Waals surface area contributed by atoms with Crippen molar-refractivity contribution in [1.82, 2.24) is 14.6 Å². The Hall–Kier alpha value is -2.07. The summed E-state index contributed by atoms with van der Waals surface area (Å²) in [6.45, 7) is 5.42. The molecule has 3 heterocycles. The van der Waals surface area contributed by atoms with Crippen LogP contribution in [0.4, 0.5) is 5.82 Å². The Morgan fingerprint density at radius 3 is 2.67 bits per heavy atom. The van der Waals surface area contributed by atoms with Crippen LogP contribution >= 0.6 is 11.6 Å². The maximum Gasteiger partial charge on any atom is 0.158 e. The van der Waals surface area contributed by atoms with E-state index in [9.17, 15) is 0 Å². The standard InChI is InChI=1S/C19H21ClN4/c1-13-11-19(23-10-4-3-5-14(23)2)24-18(21-13)12-17(22-24)15-6-8-16(20)9-7-15/h6-9,11-12,14H,3-5,10H2,1-2H3. The van der Waals surface area contributed by atoms with Gasteiger partial charge in [-0.25, -0.2) is 4.98 Å². The van der Waals surface area contributed by atoms with Gasteiger partial charge in [-0.3, -0.25) is 0 Å². The van der Waals surface area contributed by atoms with Crippen molar-refractivity contribution in [2.24, 2.45) is 0 Å². The third-order valence-corrected chi connectivity index (χ3v) is 5.03. The molecule has 1 saturated heterocycles. The van der Waals surface area contributed by atoms with Gasteiger partial charge in [0.1, 0.15) is 5.82 Å². The number of rotatable bonds is 2. The minimum atomic E-state index is 0.534. The molecule has 0 radical (unpaired) electrons. The van der Waals surface area contributed by atoms with E-state index in [1.54, 1.807) is 0 Å². The smallest absolute Gasteiger partial charge is 0.158 e. The first kappa shape index (κ1) is 15.5. The van der Waals surface area contributed by atoms with Crippen molar-refractivity contribution in [2.75, 3.05) is 11.4 Å². The third kappa shape index (κ3) is 2.75. The lowest BCUT2D eigenvalue weighted by Crippen LogP contribution is -2.38. The average molecular weight is 341 g/mol. The Labute approximate surface area is 147 Å². The highest BCUT2D eigenvalue weighted by Gasteiger charge is 2.22. The minimum Gasteiger partial charge on any atom is -0.354 e. The van der Waals surface area contributed by atoms with Gasteiger partial charge in [0.15, 0.2) is 5.65 Å². The number of hydrogen-bond donors (Lipinski definition) is 0. The van der Waals surface area contributed by atoms with Crippen LogP contribution in [0.3, 0.4) is 0 Å². The van der Waals surface area contributed by atoms with Crippen LogP contribution in [-0.2, 0) is 0 Å². The van der Waals surface area contributed by atoms with E-state index in [-0.39, 0.29) is 0 Å². The summed E-state index contributed by atoms with van der Waals surface area (Å²) in [6.07, 6.45) is 3.77. The van der Waals surface area contributed by atoms with Gasteiger partial charge in [0, 0.05) is 41.0 Å². The molecule has 1 aliphatic heterocycles. The lowest BCUT2D eigenvalue weighted by Gasteiger charge is -2.35. The van der Waals surface area contributed by atoms with Crippen LogP contribution < -0.4 is 4.90 Å². The maximum atomic E-state index is 6.00. The molecule has 1 fully saturated rings. The summed E-state index contributed by atoms with van der Waals surface area (Å²) >= 11 is 6.00. The highest BCUT2D eigenvalue weighted by atomic mass is 35.5. The highest BCUT2D eigenvalue weighted by Crippen LogP contribution is 2.28. The lowest BCUT2D eigenvalue weighted by molar-refractivity contribution is 0.477. The monoisotopic (exact) mass is 340 g/mol. The zero-order valence-corrected chi connectivity index (χ0v) is 14.8. The van der Waals surface area contributed by atoms with Gasteiger partial charge in [-0.1, -0.05) is 23.7 Å². The van der Waals surface area contributed by atoms with Crippen LogP contribution in [0.5, 0.6) is 0 Å². The molecule has 0 spiro atoms. The summed E-state index contributed by atoms with van der Waals surface area (Å²) in [5.41, 5.74) is 3.90. The third-order valence-electron chi connectivity index (χ3n) is 4.77. The van der Waals surface area contributed by atoms with E-state index in [1.807, 2.05) is 41.8 Å². The van der Waals surface area contributed by atoms with E-state index in [0.29, 0.717) is 6.04 Å². The Bertz CT molecular complexity index is 869. The van der Waals surface area contributed by atoms with E-state index >= 15 is 0 Å².